The maximum absolute atomic E-state index is 12.3. The molecule has 140 valence electrons. The first-order valence-corrected chi connectivity index (χ1v) is 8.51. The van der Waals surface area contributed by atoms with Gasteiger partial charge in [-0.15, -0.1) is 10.2 Å². The maximum atomic E-state index is 12.3. The molecule has 0 atom stereocenters. The fraction of sp³-hybridized carbons (Fsp3) is 0.176. The molecule has 0 saturated heterocycles. The summed E-state index contributed by atoms with van der Waals surface area (Å²) >= 11 is 12.0. The first kappa shape index (κ1) is 18.9. The molecule has 2 aromatic carbocycles. The summed E-state index contributed by atoms with van der Waals surface area (Å²) in [6, 6.07) is 10.1. The second-order valence-electron chi connectivity index (χ2n) is 5.39. The van der Waals surface area contributed by atoms with Crippen LogP contribution < -0.4 is 14.8 Å². The SMILES string of the molecule is COc1cc(OC)c(NC(=O)Cn2nnc(-c3ccc(Cl)cc3)n2)cc1Cl. The molecule has 0 fully saturated rings. The highest BCUT2D eigenvalue weighted by molar-refractivity contribution is 6.32. The van der Waals surface area contributed by atoms with E-state index in [4.69, 9.17) is 32.7 Å². The highest BCUT2D eigenvalue weighted by Gasteiger charge is 2.14. The van der Waals surface area contributed by atoms with Crippen LogP contribution in [-0.2, 0) is 11.3 Å². The van der Waals surface area contributed by atoms with Crippen molar-refractivity contribution in [3.05, 3.63) is 46.4 Å². The molecular formula is C17H15Cl2N5O3. The molecule has 0 spiro atoms. The van der Waals surface area contributed by atoms with Gasteiger partial charge in [0.25, 0.3) is 0 Å². The molecule has 1 heterocycles. The predicted octanol–water partition coefficient (Wildman–Crippen LogP) is 3.30. The van der Waals surface area contributed by atoms with E-state index in [1.807, 2.05) is 0 Å². The van der Waals surface area contributed by atoms with Crippen LogP contribution in [0.4, 0.5) is 5.69 Å². The number of anilines is 1. The van der Waals surface area contributed by atoms with E-state index < -0.39 is 0 Å². The molecule has 3 rings (SSSR count). The Labute approximate surface area is 165 Å². The zero-order chi connectivity index (χ0) is 19.4. The van der Waals surface area contributed by atoms with Crippen LogP contribution in [-0.4, -0.2) is 40.3 Å². The van der Waals surface area contributed by atoms with Gasteiger partial charge < -0.3 is 14.8 Å². The van der Waals surface area contributed by atoms with Gasteiger partial charge in [0.1, 0.15) is 18.0 Å². The lowest BCUT2D eigenvalue weighted by Crippen LogP contribution is -2.20. The van der Waals surface area contributed by atoms with Crippen molar-refractivity contribution in [3.8, 4) is 22.9 Å². The van der Waals surface area contributed by atoms with Crippen LogP contribution in [0.15, 0.2) is 36.4 Å². The molecule has 1 aromatic heterocycles. The average Bonchev–Trinajstić information content (AvgIpc) is 3.11. The number of halogens is 2. The summed E-state index contributed by atoms with van der Waals surface area (Å²) in [7, 11) is 2.98. The van der Waals surface area contributed by atoms with Gasteiger partial charge >= 0.3 is 0 Å². The third-order valence-corrected chi connectivity index (χ3v) is 4.14. The number of tetrazole rings is 1. The largest absolute Gasteiger partial charge is 0.495 e. The van der Waals surface area contributed by atoms with Crippen molar-refractivity contribution in [2.45, 2.75) is 6.54 Å². The minimum atomic E-state index is -0.366. The smallest absolute Gasteiger partial charge is 0.248 e. The van der Waals surface area contributed by atoms with Gasteiger partial charge in [0, 0.05) is 16.7 Å². The lowest BCUT2D eigenvalue weighted by molar-refractivity contribution is -0.117. The first-order valence-electron chi connectivity index (χ1n) is 7.75. The highest BCUT2D eigenvalue weighted by atomic mass is 35.5. The lowest BCUT2D eigenvalue weighted by Gasteiger charge is -2.12. The van der Waals surface area contributed by atoms with E-state index in [1.54, 1.807) is 36.4 Å². The Hall–Kier alpha value is -2.84. The van der Waals surface area contributed by atoms with Crippen molar-refractivity contribution in [1.82, 2.24) is 20.2 Å². The highest BCUT2D eigenvalue weighted by Crippen LogP contribution is 2.35. The van der Waals surface area contributed by atoms with Crippen LogP contribution >= 0.6 is 23.2 Å². The molecule has 1 amide bonds. The summed E-state index contributed by atoms with van der Waals surface area (Å²) in [5.74, 6) is 0.884. The van der Waals surface area contributed by atoms with Crippen LogP contribution in [0.2, 0.25) is 10.0 Å². The molecule has 0 aliphatic rings. The van der Waals surface area contributed by atoms with Gasteiger partial charge in [-0.05, 0) is 35.5 Å². The van der Waals surface area contributed by atoms with Gasteiger partial charge in [-0.2, -0.15) is 4.80 Å². The van der Waals surface area contributed by atoms with E-state index in [2.05, 4.69) is 20.7 Å². The molecule has 0 aliphatic heterocycles. The van der Waals surface area contributed by atoms with Crippen LogP contribution in [0.25, 0.3) is 11.4 Å². The second kappa shape index (κ2) is 8.24. The fourth-order valence-corrected chi connectivity index (χ4v) is 2.67. The van der Waals surface area contributed by atoms with Gasteiger partial charge in [0.15, 0.2) is 0 Å². The average molecular weight is 408 g/mol. The Morgan fingerprint density at radius 1 is 1.11 bits per heavy atom. The maximum Gasteiger partial charge on any atom is 0.248 e. The Morgan fingerprint density at radius 3 is 2.48 bits per heavy atom. The lowest BCUT2D eigenvalue weighted by atomic mass is 10.2. The molecule has 3 aromatic rings. The molecule has 0 unspecified atom stereocenters. The number of benzene rings is 2. The predicted molar refractivity (Wildman–Crippen MR) is 101 cm³/mol. The van der Waals surface area contributed by atoms with Crippen molar-refractivity contribution >= 4 is 34.8 Å². The number of carbonyl (C=O) groups excluding carboxylic acids is 1. The second-order valence-corrected chi connectivity index (χ2v) is 6.23. The number of ether oxygens (including phenoxy) is 2. The molecule has 0 bridgehead atoms. The van der Waals surface area contributed by atoms with Gasteiger partial charge in [-0.25, -0.2) is 0 Å². The van der Waals surface area contributed by atoms with Gasteiger partial charge in [0.2, 0.25) is 11.7 Å². The zero-order valence-electron chi connectivity index (χ0n) is 14.4. The molecule has 0 radical (unpaired) electrons. The topological polar surface area (TPSA) is 91.2 Å². The fourth-order valence-electron chi connectivity index (χ4n) is 2.30. The van der Waals surface area contributed by atoms with E-state index >= 15 is 0 Å². The van der Waals surface area contributed by atoms with Crippen molar-refractivity contribution in [2.75, 3.05) is 19.5 Å². The van der Waals surface area contributed by atoms with Crippen molar-refractivity contribution in [2.24, 2.45) is 0 Å². The molecule has 8 nitrogen and oxygen atoms in total. The summed E-state index contributed by atoms with van der Waals surface area (Å²) in [4.78, 5) is 13.5. The summed E-state index contributed by atoms with van der Waals surface area (Å²) in [6.45, 7) is -0.132. The molecule has 10 heteroatoms. The molecule has 1 N–H and O–H groups in total. The number of nitrogens with zero attached hydrogens (tertiary/aromatic N) is 4. The Kier molecular flexibility index (Phi) is 5.78. The number of hydrogen-bond acceptors (Lipinski definition) is 6. The van der Waals surface area contributed by atoms with Crippen molar-refractivity contribution < 1.29 is 14.3 Å². The Morgan fingerprint density at radius 2 is 1.81 bits per heavy atom. The number of rotatable bonds is 6. The molecule has 27 heavy (non-hydrogen) atoms. The standard InChI is InChI=1S/C17H15Cl2N5O3/c1-26-14-8-15(27-2)13(7-12(14)19)20-16(25)9-24-22-17(21-23-24)10-3-5-11(18)6-4-10/h3-8H,9H2,1-2H3,(H,20,25). The van der Waals surface area contributed by atoms with Crippen LogP contribution in [0.3, 0.4) is 0 Å². The third-order valence-electron chi connectivity index (χ3n) is 3.59. The number of amides is 1. The number of hydrogen-bond donors (Lipinski definition) is 1. The van der Waals surface area contributed by atoms with Gasteiger partial charge in [-0.1, -0.05) is 23.2 Å². The zero-order valence-corrected chi connectivity index (χ0v) is 16.0. The molecular weight excluding hydrogens is 393 g/mol. The Bertz CT molecular complexity index is 960. The van der Waals surface area contributed by atoms with E-state index in [9.17, 15) is 4.79 Å². The van der Waals surface area contributed by atoms with E-state index in [-0.39, 0.29) is 12.5 Å². The first-order chi connectivity index (χ1) is 13.0. The van der Waals surface area contributed by atoms with E-state index in [1.165, 1.54) is 19.0 Å². The van der Waals surface area contributed by atoms with Gasteiger partial charge in [0.05, 0.1) is 24.9 Å². The monoisotopic (exact) mass is 407 g/mol. The summed E-state index contributed by atoms with van der Waals surface area (Å²) < 4.78 is 10.4. The molecule has 0 aliphatic carbocycles. The Balaban J connectivity index is 1.71. The summed E-state index contributed by atoms with van der Waals surface area (Å²) in [5, 5.41) is 15.7. The molecule has 0 saturated carbocycles. The van der Waals surface area contributed by atoms with Crippen LogP contribution in [0, 0.1) is 0 Å². The van der Waals surface area contributed by atoms with Crippen molar-refractivity contribution in [1.29, 1.82) is 0 Å². The number of nitrogens with one attached hydrogen (secondary N) is 1. The minimum Gasteiger partial charge on any atom is -0.495 e. The summed E-state index contributed by atoms with van der Waals surface area (Å²) in [6.07, 6.45) is 0. The van der Waals surface area contributed by atoms with Crippen LogP contribution in [0.1, 0.15) is 0 Å². The third kappa shape index (κ3) is 4.47. The van der Waals surface area contributed by atoms with E-state index in [0.29, 0.717) is 33.1 Å². The minimum absolute atomic E-state index is 0.132. The van der Waals surface area contributed by atoms with Gasteiger partial charge in [-0.3, -0.25) is 4.79 Å². The van der Waals surface area contributed by atoms with Crippen LogP contribution in [0.5, 0.6) is 11.5 Å². The quantitative estimate of drug-likeness (QED) is 0.673. The van der Waals surface area contributed by atoms with Crippen molar-refractivity contribution in [3.63, 3.8) is 0 Å². The number of carbonyl (C=O) groups is 1. The number of methoxy groups -OCH3 is 2. The number of aromatic nitrogens is 4. The normalized spacial score (nSPS) is 10.5. The van der Waals surface area contributed by atoms with E-state index in [0.717, 1.165) is 5.56 Å². The summed E-state index contributed by atoms with van der Waals surface area (Å²) in [5.41, 5.74) is 1.15.